The van der Waals surface area contributed by atoms with E-state index in [2.05, 4.69) is 20.4 Å². The molecule has 0 amide bonds. The fourth-order valence-electron chi connectivity index (χ4n) is 3.00. The Kier molecular flexibility index (Phi) is 4.57. The lowest BCUT2D eigenvalue weighted by molar-refractivity contribution is 0.109. The van der Waals surface area contributed by atoms with E-state index in [-0.39, 0.29) is 6.61 Å². The maximum Gasteiger partial charge on any atom is 0.170 e. The van der Waals surface area contributed by atoms with Gasteiger partial charge in [-0.25, -0.2) is 0 Å². The first-order valence-corrected chi connectivity index (χ1v) is 7.56. The standard InChI is InChI=1S/C15H21N5O/c21-11-9-13-6-4-5-10-19(13)12-15-16-17-18-20(15)14-7-2-1-3-8-14/h1-3,7-8,13,21H,4-6,9-12H2. The van der Waals surface area contributed by atoms with Gasteiger partial charge in [0.25, 0.3) is 0 Å². The summed E-state index contributed by atoms with van der Waals surface area (Å²) in [5, 5.41) is 21.3. The van der Waals surface area contributed by atoms with Crippen LogP contribution in [0.1, 0.15) is 31.5 Å². The predicted octanol–water partition coefficient (Wildman–Crippen LogP) is 1.40. The molecule has 6 heteroatoms. The second kappa shape index (κ2) is 6.78. The van der Waals surface area contributed by atoms with Crippen LogP contribution >= 0.6 is 0 Å². The lowest BCUT2D eigenvalue weighted by Crippen LogP contribution is -2.40. The summed E-state index contributed by atoms with van der Waals surface area (Å²) in [7, 11) is 0. The van der Waals surface area contributed by atoms with E-state index in [1.54, 1.807) is 4.68 Å². The van der Waals surface area contributed by atoms with Gasteiger partial charge in [-0.3, -0.25) is 4.90 Å². The largest absolute Gasteiger partial charge is 0.396 e. The van der Waals surface area contributed by atoms with Crippen molar-refractivity contribution in [2.24, 2.45) is 0 Å². The van der Waals surface area contributed by atoms with Crippen LogP contribution in [0, 0.1) is 0 Å². The van der Waals surface area contributed by atoms with Crippen molar-refractivity contribution in [3.63, 3.8) is 0 Å². The van der Waals surface area contributed by atoms with E-state index in [1.807, 2.05) is 30.3 Å². The number of aliphatic hydroxyl groups is 1. The Labute approximate surface area is 124 Å². The first-order valence-electron chi connectivity index (χ1n) is 7.56. The zero-order valence-electron chi connectivity index (χ0n) is 12.1. The minimum Gasteiger partial charge on any atom is -0.396 e. The molecule has 6 nitrogen and oxygen atoms in total. The lowest BCUT2D eigenvalue weighted by Gasteiger charge is -2.34. The highest BCUT2D eigenvalue weighted by atomic mass is 16.3. The van der Waals surface area contributed by atoms with Crippen LogP contribution in [0.4, 0.5) is 0 Å². The first kappa shape index (κ1) is 14.2. The van der Waals surface area contributed by atoms with Crippen LogP contribution in [0.25, 0.3) is 5.69 Å². The number of aliphatic hydroxyl groups excluding tert-OH is 1. The molecule has 2 heterocycles. The van der Waals surface area contributed by atoms with Crippen LogP contribution in [0.15, 0.2) is 30.3 Å². The minimum atomic E-state index is 0.241. The van der Waals surface area contributed by atoms with Gasteiger partial charge in [0.2, 0.25) is 0 Å². The van der Waals surface area contributed by atoms with E-state index < -0.39 is 0 Å². The molecule has 0 aliphatic carbocycles. The summed E-state index contributed by atoms with van der Waals surface area (Å²) < 4.78 is 1.80. The van der Waals surface area contributed by atoms with Crippen molar-refractivity contribution in [2.45, 2.75) is 38.3 Å². The molecule has 1 atom stereocenters. The topological polar surface area (TPSA) is 67.1 Å². The molecule has 1 aliphatic heterocycles. The highest BCUT2D eigenvalue weighted by Gasteiger charge is 2.24. The molecule has 0 spiro atoms. The summed E-state index contributed by atoms with van der Waals surface area (Å²) in [4.78, 5) is 2.39. The van der Waals surface area contributed by atoms with Crippen molar-refractivity contribution in [1.29, 1.82) is 0 Å². The molecule has 0 radical (unpaired) electrons. The smallest absolute Gasteiger partial charge is 0.170 e. The van der Waals surface area contributed by atoms with Gasteiger partial charge in [0, 0.05) is 12.6 Å². The van der Waals surface area contributed by atoms with Gasteiger partial charge in [-0.05, 0) is 48.4 Å². The third-order valence-electron chi connectivity index (χ3n) is 4.09. The fourth-order valence-corrected chi connectivity index (χ4v) is 3.00. The number of piperidine rings is 1. The lowest BCUT2D eigenvalue weighted by atomic mass is 10.00. The summed E-state index contributed by atoms with van der Waals surface area (Å²) in [6.07, 6.45) is 4.42. The molecule has 1 saturated heterocycles. The molecule has 2 aromatic rings. The SMILES string of the molecule is OCCC1CCCCN1Cc1nnnn1-c1ccccc1. The molecule has 0 bridgehead atoms. The number of tetrazole rings is 1. The van der Waals surface area contributed by atoms with Crippen molar-refractivity contribution >= 4 is 0 Å². The molecular formula is C15H21N5O. The van der Waals surface area contributed by atoms with Crippen molar-refractivity contribution in [1.82, 2.24) is 25.1 Å². The van der Waals surface area contributed by atoms with E-state index in [1.165, 1.54) is 12.8 Å². The summed E-state index contributed by atoms with van der Waals surface area (Å²) in [6.45, 7) is 2.02. The molecule has 1 aromatic heterocycles. The van der Waals surface area contributed by atoms with Gasteiger partial charge < -0.3 is 5.11 Å². The van der Waals surface area contributed by atoms with Gasteiger partial charge in [0.15, 0.2) is 5.82 Å². The van der Waals surface area contributed by atoms with Gasteiger partial charge >= 0.3 is 0 Å². The monoisotopic (exact) mass is 287 g/mol. The number of hydrogen-bond acceptors (Lipinski definition) is 5. The quantitative estimate of drug-likeness (QED) is 0.900. The molecule has 3 rings (SSSR count). The Balaban J connectivity index is 1.77. The maximum atomic E-state index is 9.22. The summed E-state index contributed by atoms with van der Waals surface area (Å²) in [6, 6.07) is 10.4. The van der Waals surface area contributed by atoms with Crippen LogP contribution in [0.3, 0.4) is 0 Å². The van der Waals surface area contributed by atoms with Gasteiger partial charge in [0.1, 0.15) is 0 Å². The first-order chi connectivity index (χ1) is 10.4. The number of rotatable bonds is 5. The number of nitrogens with zero attached hydrogens (tertiary/aromatic N) is 5. The third kappa shape index (κ3) is 3.28. The summed E-state index contributed by atoms with van der Waals surface area (Å²) in [5.74, 6) is 0.853. The number of aromatic nitrogens is 4. The predicted molar refractivity (Wildman–Crippen MR) is 78.9 cm³/mol. The van der Waals surface area contributed by atoms with Crippen molar-refractivity contribution in [3.05, 3.63) is 36.2 Å². The summed E-state index contributed by atoms with van der Waals surface area (Å²) in [5.41, 5.74) is 0.980. The van der Waals surface area contributed by atoms with E-state index >= 15 is 0 Å². The second-order valence-electron chi connectivity index (χ2n) is 5.47. The van der Waals surface area contributed by atoms with Gasteiger partial charge in [0.05, 0.1) is 12.2 Å². The molecule has 0 saturated carbocycles. The molecule has 1 aliphatic rings. The third-order valence-corrected chi connectivity index (χ3v) is 4.09. The van der Waals surface area contributed by atoms with E-state index in [9.17, 15) is 5.11 Å². The highest BCUT2D eigenvalue weighted by Crippen LogP contribution is 2.21. The van der Waals surface area contributed by atoms with E-state index in [0.717, 1.165) is 37.4 Å². The van der Waals surface area contributed by atoms with Crippen LogP contribution < -0.4 is 0 Å². The number of para-hydroxylation sites is 1. The molecule has 1 unspecified atom stereocenters. The highest BCUT2D eigenvalue weighted by molar-refractivity contribution is 5.30. The summed E-state index contributed by atoms with van der Waals surface area (Å²) >= 11 is 0. The Bertz CT molecular complexity index is 554. The van der Waals surface area contributed by atoms with Gasteiger partial charge in [-0.1, -0.05) is 24.6 Å². The number of likely N-dealkylation sites (tertiary alicyclic amines) is 1. The van der Waals surface area contributed by atoms with Crippen molar-refractivity contribution < 1.29 is 5.11 Å². The zero-order valence-corrected chi connectivity index (χ0v) is 12.1. The van der Waals surface area contributed by atoms with E-state index in [4.69, 9.17) is 0 Å². The number of benzene rings is 1. The Hall–Kier alpha value is -1.79. The number of hydrogen-bond donors (Lipinski definition) is 1. The van der Waals surface area contributed by atoms with Crippen LogP contribution in [-0.2, 0) is 6.54 Å². The average Bonchev–Trinajstić information content (AvgIpc) is 2.99. The second-order valence-corrected chi connectivity index (χ2v) is 5.47. The molecule has 112 valence electrons. The van der Waals surface area contributed by atoms with Gasteiger partial charge in [-0.2, -0.15) is 4.68 Å². The zero-order chi connectivity index (χ0) is 14.5. The molecular weight excluding hydrogens is 266 g/mol. The van der Waals surface area contributed by atoms with Crippen molar-refractivity contribution in [2.75, 3.05) is 13.2 Å². The molecule has 21 heavy (non-hydrogen) atoms. The van der Waals surface area contributed by atoms with Crippen LogP contribution in [-0.4, -0.2) is 49.4 Å². The van der Waals surface area contributed by atoms with Crippen LogP contribution in [0.5, 0.6) is 0 Å². The van der Waals surface area contributed by atoms with E-state index in [0.29, 0.717) is 6.04 Å². The maximum absolute atomic E-state index is 9.22. The Morgan fingerprint density at radius 3 is 2.86 bits per heavy atom. The normalized spacial score (nSPS) is 19.8. The Morgan fingerprint density at radius 2 is 2.05 bits per heavy atom. The molecule has 1 aromatic carbocycles. The average molecular weight is 287 g/mol. The minimum absolute atomic E-state index is 0.241. The van der Waals surface area contributed by atoms with Gasteiger partial charge in [-0.15, -0.1) is 5.10 Å². The molecule has 1 fully saturated rings. The molecule has 1 N–H and O–H groups in total. The fraction of sp³-hybridized carbons (Fsp3) is 0.533. The van der Waals surface area contributed by atoms with Crippen molar-refractivity contribution in [3.8, 4) is 5.69 Å². The van der Waals surface area contributed by atoms with Crippen LogP contribution in [0.2, 0.25) is 0 Å². The Morgan fingerprint density at radius 1 is 1.19 bits per heavy atom.